The second-order valence-electron chi connectivity index (χ2n) is 3.26. The highest BCUT2D eigenvalue weighted by molar-refractivity contribution is 7.99. The molecule has 0 atom stereocenters. The second-order valence-corrected chi connectivity index (χ2v) is 4.48. The summed E-state index contributed by atoms with van der Waals surface area (Å²) in [4.78, 5) is 22.0. The van der Waals surface area contributed by atoms with Crippen LogP contribution >= 0.6 is 11.8 Å². The van der Waals surface area contributed by atoms with Crippen LogP contribution in [0.25, 0.3) is 0 Å². The van der Waals surface area contributed by atoms with E-state index in [2.05, 4.69) is 0 Å². The van der Waals surface area contributed by atoms with Gasteiger partial charge in [0.15, 0.2) is 0 Å². The number of rotatable bonds is 3. The molecule has 0 unspecified atom stereocenters. The SMILES string of the molecule is COC(=O)C1(CC=O)CCSCC1. The Balaban J connectivity index is 2.71. The number of hydrogen-bond donors (Lipinski definition) is 0. The van der Waals surface area contributed by atoms with Gasteiger partial charge >= 0.3 is 5.97 Å². The van der Waals surface area contributed by atoms with Crippen LogP contribution < -0.4 is 0 Å². The summed E-state index contributed by atoms with van der Waals surface area (Å²) in [7, 11) is 1.39. The molecule has 0 aromatic rings. The van der Waals surface area contributed by atoms with Gasteiger partial charge in [0.05, 0.1) is 12.5 Å². The van der Waals surface area contributed by atoms with E-state index >= 15 is 0 Å². The lowest BCUT2D eigenvalue weighted by Crippen LogP contribution is -2.36. The maximum Gasteiger partial charge on any atom is 0.312 e. The lowest BCUT2D eigenvalue weighted by molar-refractivity contribution is -0.154. The van der Waals surface area contributed by atoms with Gasteiger partial charge in [-0.2, -0.15) is 11.8 Å². The first-order valence-electron chi connectivity index (χ1n) is 4.35. The monoisotopic (exact) mass is 202 g/mol. The Bertz CT molecular complexity index is 197. The maximum atomic E-state index is 11.5. The molecular formula is C9H14O3S. The number of ether oxygens (including phenoxy) is 1. The molecule has 1 aliphatic heterocycles. The minimum Gasteiger partial charge on any atom is -0.469 e. The molecule has 0 aromatic carbocycles. The fourth-order valence-corrected chi connectivity index (χ4v) is 2.90. The summed E-state index contributed by atoms with van der Waals surface area (Å²) in [5.41, 5.74) is -0.512. The number of aldehydes is 1. The second kappa shape index (κ2) is 4.65. The molecule has 1 heterocycles. The molecule has 74 valence electrons. The predicted molar refractivity (Wildman–Crippen MR) is 51.7 cm³/mol. The van der Waals surface area contributed by atoms with Gasteiger partial charge in [-0.05, 0) is 24.3 Å². The number of carbonyl (C=O) groups is 2. The molecule has 4 heteroatoms. The molecule has 1 rings (SSSR count). The molecule has 0 bridgehead atoms. The van der Waals surface area contributed by atoms with Crippen molar-refractivity contribution in [1.82, 2.24) is 0 Å². The number of carbonyl (C=O) groups excluding carboxylic acids is 2. The summed E-state index contributed by atoms with van der Waals surface area (Å²) in [6.45, 7) is 0. The van der Waals surface area contributed by atoms with Gasteiger partial charge in [0, 0.05) is 6.42 Å². The van der Waals surface area contributed by atoms with Crippen molar-refractivity contribution in [1.29, 1.82) is 0 Å². The number of thioether (sulfide) groups is 1. The molecule has 0 saturated carbocycles. The van der Waals surface area contributed by atoms with Gasteiger partial charge in [-0.25, -0.2) is 0 Å². The average Bonchev–Trinajstić information content (AvgIpc) is 2.18. The Labute approximate surface area is 82.2 Å². The molecule has 1 aliphatic rings. The lowest BCUT2D eigenvalue weighted by atomic mass is 9.79. The molecule has 0 radical (unpaired) electrons. The van der Waals surface area contributed by atoms with Crippen LogP contribution in [-0.2, 0) is 14.3 Å². The van der Waals surface area contributed by atoms with Crippen molar-refractivity contribution in [3.05, 3.63) is 0 Å². The summed E-state index contributed by atoms with van der Waals surface area (Å²) in [6.07, 6.45) is 2.67. The van der Waals surface area contributed by atoms with Crippen LogP contribution in [0, 0.1) is 5.41 Å². The van der Waals surface area contributed by atoms with Gasteiger partial charge in [0.2, 0.25) is 0 Å². The standard InChI is InChI=1S/C9H14O3S/c1-12-8(11)9(2-5-10)3-6-13-7-4-9/h5H,2-4,6-7H2,1H3. The Morgan fingerprint density at radius 2 is 2.15 bits per heavy atom. The smallest absolute Gasteiger partial charge is 0.312 e. The van der Waals surface area contributed by atoms with Crippen molar-refractivity contribution in [3.63, 3.8) is 0 Å². The van der Waals surface area contributed by atoms with E-state index in [1.807, 2.05) is 11.8 Å². The zero-order valence-electron chi connectivity index (χ0n) is 7.75. The molecule has 1 saturated heterocycles. The maximum absolute atomic E-state index is 11.5. The van der Waals surface area contributed by atoms with E-state index in [0.717, 1.165) is 30.6 Å². The first kappa shape index (κ1) is 10.6. The molecule has 0 amide bonds. The van der Waals surface area contributed by atoms with Crippen LogP contribution in [0.4, 0.5) is 0 Å². The highest BCUT2D eigenvalue weighted by Crippen LogP contribution is 2.38. The van der Waals surface area contributed by atoms with Gasteiger partial charge < -0.3 is 9.53 Å². The van der Waals surface area contributed by atoms with E-state index in [1.54, 1.807) is 0 Å². The summed E-state index contributed by atoms with van der Waals surface area (Å²) in [5.74, 6) is 1.67. The van der Waals surface area contributed by atoms with Crippen molar-refractivity contribution >= 4 is 24.0 Å². The Hall–Kier alpha value is -0.510. The third-order valence-electron chi connectivity index (χ3n) is 2.54. The average molecular weight is 202 g/mol. The van der Waals surface area contributed by atoms with E-state index in [-0.39, 0.29) is 5.97 Å². The number of methoxy groups -OCH3 is 1. The fraction of sp³-hybridized carbons (Fsp3) is 0.778. The molecular weight excluding hydrogens is 188 g/mol. The van der Waals surface area contributed by atoms with Crippen LogP contribution in [0.5, 0.6) is 0 Å². The normalized spacial score (nSPS) is 20.7. The molecule has 3 nitrogen and oxygen atoms in total. The first-order chi connectivity index (χ1) is 6.25. The highest BCUT2D eigenvalue weighted by Gasteiger charge is 2.40. The molecule has 0 aromatic heterocycles. The van der Waals surface area contributed by atoms with E-state index in [1.165, 1.54) is 7.11 Å². The van der Waals surface area contributed by atoms with Gasteiger partial charge in [-0.3, -0.25) is 4.79 Å². The Morgan fingerprint density at radius 1 is 1.54 bits per heavy atom. The van der Waals surface area contributed by atoms with Gasteiger partial charge in [-0.1, -0.05) is 0 Å². The van der Waals surface area contributed by atoms with Crippen LogP contribution in [0.3, 0.4) is 0 Å². The Morgan fingerprint density at radius 3 is 2.62 bits per heavy atom. The van der Waals surface area contributed by atoms with E-state index in [4.69, 9.17) is 4.74 Å². The summed E-state index contributed by atoms with van der Waals surface area (Å²) >= 11 is 1.83. The quantitative estimate of drug-likeness (QED) is 0.510. The molecule has 0 N–H and O–H groups in total. The van der Waals surface area contributed by atoms with Crippen LogP contribution in [0.1, 0.15) is 19.3 Å². The first-order valence-corrected chi connectivity index (χ1v) is 5.50. The number of esters is 1. The predicted octanol–water partition coefficient (Wildman–Crippen LogP) is 1.26. The van der Waals surface area contributed by atoms with Crippen LogP contribution in [0.2, 0.25) is 0 Å². The van der Waals surface area contributed by atoms with Crippen LogP contribution in [0.15, 0.2) is 0 Å². The van der Waals surface area contributed by atoms with Gasteiger partial charge in [0.25, 0.3) is 0 Å². The van der Waals surface area contributed by atoms with E-state index in [0.29, 0.717) is 6.42 Å². The fourth-order valence-electron chi connectivity index (χ4n) is 1.63. The van der Waals surface area contributed by atoms with Crippen molar-refractivity contribution in [3.8, 4) is 0 Å². The van der Waals surface area contributed by atoms with Crippen molar-refractivity contribution < 1.29 is 14.3 Å². The highest BCUT2D eigenvalue weighted by atomic mass is 32.2. The summed E-state index contributed by atoms with van der Waals surface area (Å²) in [6, 6.07) is 0. The van der Waals surface area contributed by atoms with E-state index in [9.17, 15) is 9.59 Å². The summed E-state index contributed by atoms with van der Waals surface area (Å²) < 4.78 is 4.74. The Kier molecular flexibility index (Phi) is 3.78. The van der Waals surface area contributed by atoms with Gasteiger partial charge in [-0.15, -0.1) is 0 Å². The van der Waals surface area contributed by atoms with Crippen molar-refractivity contribution in [2.45, 2.75) is 19.3 Å². The topological polar surface area (TPSA) is 43.4 Å². The van der Waals surface area contributed by atoms with Crippen LogP contribution in [-0.4, -0.2) is 30.9 Å². The number of hydrogen-bond acceptors (Lipinski definition) is 4. The summed E-state index contributed by atoms with van der Waals surface area (Å²) in [5, 5.41) is 0. The minimum atomic E-state index is -0.512. The minimum absolute atomic E-state index is 0.222. The zero-order valence-corrected chi connectivity index (χ0v) is 8.56. The zero-order chi connectivity index (χ0) is 9.73. The van der Waals surface area contributed by atoms with E-state index < -0.39 is 5.41 Å². The van der Waals surface area contributed by atoms with Crippen molar-refractivity contribution in [2.24, 2.45) is 5.41 Å². The lowest BCUT2D eigenvalue weighted by Gasteiger charge is -2.32. The van der Waals surface area contributed by atoms with Gasteiger partial charge in [0.1, 0.15) is 6.29 Å². The molecule has 0 spiro atoms. The molecule has 1 fully saturated rings. The largest absolute Gasteiger partial charge is 0.469 e. The third kappa shape index (κ3) is 2.24. The van der Waals surface area contributed by atoms with Crippen molar-refractivity contribution in [2.75, 3.05) is 18.6 Å². The molecule has 13 heavy (non-hydrogen) atoms. The molecule has 0 aliphatic carbocycles. The third-order valence-corrected chi connectivity index (χ3v) is 3.53.